The van der Waals surface area contributed by atoms with E-state index in [1.54, 1.807) is 30.3 Å². The Bertz CT molecular complexity index is 918. The molecule has 2 aromatic rings. The summed E-state index contributed by atoms with van der Waals surface area (Å²) < 4.78 is 0.794. The summed E-state index contributed by atoms with van der Waals surface area (Å²) in [7, 11) is 0. The molecule has 1 aliphatic rings. The van der Waals surface area contributed by atoms with Gasteiger partial charge in [-0.25, -0.2) is 0 Å². The minimum absolute atomic E-state index is 0.179. The molecule has 0 saturated carbocycles. The number of fused-ring (bicyclic) bond motifs is 1. The molecule has 0 fully saturated rings. The second-order valence-corrected chi connectivity index (χ2v) is 7.50. The van der Waals surface area contributed by atoms with Crippen LogP contribution in [0.25, 0.3) is 0 Å². The lowest BCUT2D eigenvalue weighted by molar-refractivity contribution is -0.142. The quantitative estimate of drug-likeness (QED) is 0.739. The van der Waals surface area contributed by atoms with Crippen molar-refractivity contribution in [3.05, 3.63) is 63.1 Å². The Morgan fingerprint density at radius 2 is 2.00 bits per heavy atom. The van der Waals surface area contributed by atoms with Gasteiger partial charge in [0.1, 0.15) is 6.54 Å². The molecular weight excluding hydrogens is 436 g/mol. The van der Waals surface area contributed by atoms with Gasteiger partial charge in [-0.3, -0.25) is 14.4 Å². The number of nitrogens with one attached hydrogen (secondary N) is 1. The fraction of sp³-hybridized carbons (Fsp3) is 0.211. The van der Waals surface area contributed by atoms with E-state index in [9.17, 15) is 14.4 Å². The molecule has 8 heteroatoms. The van der Waals surface area contributed by atoms with Crippen LogP contribution in [0.2, 0.25) is 5.02 Å². The second-order valence-electron chi connectivity index (χ2n) is 6.15. The Kier molecular flexibility index (Phi) is 5.82. The summed E-state index contributed by atoms with van der Waals surface area (Å²) in [5.41, 5.74) is 2.06. The van der Waals surface area contributed by atoms with Gasteiger partial charge in [0, 0.05) is 27.2 Å². The number of hydrogen-bond acceptors (Lipinski definition) is 3. The van der Waals surface area contributed by atoms with Crippen molar-refractivity contribution in [1.82, 2.24) is 4.90 Å². The van der Waals surface area contributed by atoms with Crippen molar-refractivity contribution in [2.45, 2.75) is 18.9 Å². The molecule has 6 nitrogen and oxygen atoms in total. The Morgan fingerprint density at radius 1 is 1.22 bits per heavy atom. The van der Waals surface area contributed by atoms with Crippen LogP contribution < -0.4 is 5.32 Å². The molecular formula is C19H16BrClN2O4. The first kappa shape index (κ1) is 19.4. The molecule has 0 radical (unpaired) electrons. The maximum Gasteiger partial charge on any atom is 0.303 e. The fourth-order valence-electron chi connectivity index (χ4n) is 3.10. The van der Waals surface area contributed by atoms with Crippen molar-refractivity contribution in [1.29, 1.82) is 0 Å². The van der Waals surface area contributed by atoms with Crippen LogP contribution in [-0.4, -0.2) is 34.3 Å². The zero-order chi connectivity index (χ0) is 19.6. The van der Waals surface area contributed by atoms with Gasteiger partial charge in [-0.2, -0.15) is 0 Å². The first-order valence-corrected chi connectivity index (χ1v) is 9.38. The van der Waals surface area contributed by atoms with Crippen LogP contribution in [0.15, 0.2) is 46.9 Å². The lowest BCUT2D eigenvalue weighted by Gasteiger charge is -2.30. The van der Waals surface area contributed by atoms with E-state index in [1.165, 1.54) is 4.90 Å². The summed E-state index contributed by atoms with van der Waals surface area (Å²) in [6.45, 7) is -0.179. The molecule has 0 saturated heterocycles. The molecule has 2 amide bonds. The number of benzene rings is 2. The van der Waals surface area contributed by atoms with E-state index in [2.05, 4.69) is 21.2 Å². The van der Waals surface area contributed by atoms with Crippen molar-refractivity contribution in [2.24, 2.45) is 0 Å². The first-order valence-electron chi connectivity index (χ1n) is 8.21. The average molecular weight is 452 g/mol. The molecule has 0 aromatic heterocycles. The largest absolute Gasteiger partial charge is 0.481 e. The van der Waals surface area contributed by atoms with Crippen molar-refractivity contribution in [2.75, 3.05) is 11.9 Å². The fourth-order valence-corrected chi connectivity index (χ4v) is 3.68. The van der Waals surface area contributed by atoms with E-state index in [0.717, 1.165) is 15.6 Å². The third-order valence-electron chi connectivity index (χ3n) is 4.25. The molecule has 2 aromatic carbocycles. The summed E-state index contributed by atoms with van der Waals surface area (Å²) in [5.74, 6) is -1.82. The minimum atomic E-state index is -1.06. The van der Waals surface area contributed by atoms with E-state index in [0.29, 0.717) is 10.7 Å². The second kappa shape index (κ2) is 8.10. The van der Waals surface area contributed by atoms with Crippen LogP contribution in [0.3, 0.4) is 0 Å². The number of anilines is 1. The number of carbonyl (C=O) groups excluding carboxylic acids is 2. The van der Waals surface area contributed by atoms with Crippen molar-refractivity contribution in [3.8, 4) is 0 Å². The topological polar surface area (TPSA) is 86.7 Å². The van der Waals surface area contributed by atoms with Crippen LogP contribution in [0, 0.1) is 0 Å². The van der Waals surface area contributed by atoms with E-state index in [1.807, 2.05) is 12.1 Å². The standard InChI is InChI=1S/C19H16BrClN2O4/c20-12-4-5-15-14(9-12)19(11-2-1-3-13(21)8-11)23(10-16(24)22-15)17(25)6-7-18(26)27/h1-5,8-9,19H,6-7,10H2,(H,22,24)(H,26,27). The number of nitrogens with zero attached hydrogens (tertiary/aromatic N) is 1. The van der Waals surface area contributed by atoms with Crippen LogP contribution in [0.1, 0.15) is 30.0 Å². The van der Waals surface area contributed by atoms with Gasteiger partial charge in [0.05, 0.1) is 12.5 Å². The SMILES string of the molecule is O=C(O)CCC(=O)N1CC(=O)Nc2ccc(Br)cc2C1c1cccc(Cl)c1. The minimum Gasteiger partial charge on any atom is -0.481 e. The molecule has 3 rings (SSSR count). The van der Waals surface area contributed by atoms with Gasteiger partial charge in [-0.15, -0.1) is 0 Å². The zero-order valence-corrected chi connectivity index (χ0v) is 16.5. The third kappa shape index (κ3) is 4.48. The van der Waals surface area contributed by atoms with Crippen molar-refractivity contribution < 1.29 is 19.5 Å². The summed E-state index contributed by atoms with van der Waals surface area (Å²) in [6.07, 6.45) is -0.492. The maximum atomic E-state index is 12.8. The highest BCUT2D eigenvalue weighted by Crippen LogP contribution is 2.38. The van der Waals surface area contributed by atoms with Crippen LogP contribution in [0.5, 0.6) is 0 Å². The zero-order valence-electron chi connectivity index (χ0n) is 14.1. The lowest BCUT2D eigenvalue weighted by Crippen LogP contribution is -2.39. The third-order valence-corrected chi connectivity index (χ3v) is 4.97. The Balaban J connectivity index is 2.12. The Morgan fingerprint density at radius 3 is 2.70 bits per heavy atom. The molecule has 27 heavy (non-hydrogen) atoms. The number of aliphatic carboxylic acids is 1. The highest BCUT2D eigenvalue weighted by Gasteiger charge is 2.33. The number of amides is 2. The number of carboxylic acids is 1. The molecule has 140 valence electrons. The number of rotatable bonds is 4. The van der Waals surface area contributed by atoms with Gasteiger partial charge in [0.25, 0.3) is 0 Å². The van der Waals surface area contributed by atoms with E-state index in [-0.39, 0.29) is 25.3 Å². The van der Waals surface area contributed by atoms with Crippen LogP contribution >= 0.6 is 27.5 Å². The van der Waals surface area contributed by atoms with Gasteiger partial charge >= 0.3 is 5.97 Å². The maximum absolute atomic E-state index is 12.8. The van der Waals surface area contributed by atoms with Gasteiger partial charge < -0.3 is 15.3 Å². The van der Waals surface area contributed by atoms with Gasteiger partial charge in [-0.05, 0) is 35.9 Å². The first-order chi connectivity index (χ1) is 12.8. The van der Waals surface area contributed by atoms with Gasteiger partial charge in [0.15, 0.2) is 0 Å². The normalized spacial score (nSPS) is 16.3. The molecule has 0 spiro atoms. The monoisotopic (exact) mass is 450 g/mol. The molecule has 2 N–H and O–H groups in total. The van der Waals surface area contributed by atoms with Gasteiger partial charge in [0.2, 0.25) is 11.8 Å². The average Bonchev–Trinajstić information content (AvgIpc) is 2.75. The summed E-state index contributed by atoms with van der Waals surface area (Å²) in [5, 5.41) is 12.2. The molecule has 0 bridgehead atoms. The Hall–Kier alpha value is -2.38. The number of halogens is 2. The lowest BCUT2D eigenvalue weighted by atomic mass is 9.95. The van der Waals surface area contributed by atoms with Crippen molar-refractivity contribution in [3.63, 3.8) is 0 Å². The Labute approximate surface area is 169 Å². The molecule has 1 heterocycles. The predicted octanol–water partition coefficient (Wildman–Crippen LogP) is 3.84. The van der Waals surface area contributed by atoms with Crippen LogP contribution in [-0.2, 0) is 14.4 Å². The highest BCUT2D eigenvalue weighted by molar-refractivity contribution is 9.10. The van der Waals surface area contributed by atoms with E-state index >= 15 is 0 Å². The summed E-state index contributed by atoms with van der Waals surface area (Å²) in [6, 6.07) is 11.9. The smallest absolute Gasteiger partial charge is 0.303 e. The predicted molar refractivity (Wildman–Crippen MR) is 105 cm³/mol. The van der Waals surface area contributed by atoms with Crippen molar-refractivity contribution >= 4 is 51.0 Å². The number of carbonyl (C=O) groups is 3. The molecule has 1 atom stereocenters. The molecule has 1 unspecified atom stereocenters. The number of hydrogen-bond donors (Lipinski definition) is 2. The van der Waals surface area contributed by atoms with Gasteiger partial charge in [-0.1, -0.05) is 39.7 Å². The summed E-state index contributed by atoms with van der Waals surface area (Å²) in [4.78, 5) is 37.5. The summed E-state index contributed by atoms with van der Waals surface area (Å²) >= 11 is 9.58. The van der Waals surface area contributed by atoms with Crippen LogP contribution in [0.4, 0.5) is 5.69 Å². The number of carboxylic acid groups (broad SMARTS) is 1. The molecule has 0 aliphatic carbocycles. The highest BCUT2D eigenvalue weighted by atomic mass is 79.9. The molecule has 1 aliphatic heterocycles. The van der Waals surface area contributed by atoms with E-state index < -0.39 is 17.9 Å². The van der Waals surface area contributed by atoms with E-state index in [4.69, 9.17) is 16.7 Å².